The fourth-order valence-corrected chi connectivity index (χ4v) is 1.94. The molecule has 2 rings (SSSR count). The lowest BCUT2D eigenvalue weighted by molar-refractivity contribution is 0.0602. The van der Waals surface area contributed by atoms with Crippen LogP contribution in [0.3, 0.4) is 0 Å². The maximum atomic E-state index is 11.5. The van der Waals surface area contributed by atoms with Crippen molar-refractivity contribution in [2.24, 2.45) is 0 Å². The Morgan fingerprint density at radius 3 is 2.70 bits per heavy atom. The zero-order chi connectivity index (χ0) is 14.5. The summed E-state index contributed by atoms with van der Waals surface area (Å²) in [6, 6.07) is 7.51. The number of halogens is 1. The fraction of sp³-hybridized carbons (Fsp3) is 0.0833. The first-order valence-electron chi connectivity index (χ1n) is 5.55. The van der Waals surface area contributed by atoms with E-state index < -0.39 is 5.97 Å². The minimum atomic E-state index is -0.493. The molecular formula is C12H11BrN4O2S. The summed E-state index contributed by atoms with van der Waals surface area (Å²) < 4.78 is 5.62. The number of aromatic amines is 1. The first-order chi connectivity index (χ1) is 9.60. The molecule has 104 valence electrons. The van der Waals surface area contributed by atoms with E-state index in [2.05, 4.69) is 41.5 Å². The van der Waals surface area contributed by atoms with Gasteiger partial charge in [0.2, 0.25) is 0 Å². The second-order valence-electron chi connectivity index (χ2n) is 3.74. The summed E-state index contributed by atoms with van der Waals surface area (Å²) in [6.45, 7) is 0. The van der Waals surface area contributed by atoms with Crippen molar-refractivity contribution in [3.8, 4) is 0 Å². The van der Waals surface area contributed by atoms with Crippen LogP contribution in [-0.2, 0) is 4.74 Å². The van der Waals surface area contributed by atoms with Gasteiger partial charge in [0.15, 0.2) is 5.11 Å². The number of thiocarbonyl (C=S) groups is 1. The Hall–Kier alpha value is -1.93. The molecule has 3 N–H and O–H groups in total. The van der Waals surface area contributed by atoms with Crippen molar-refractivity contribution >= 4 is 50.7 Å². The Kier molecular flexibility index (Phi) is 4.70. The van der Waals surface area contributed by atoms with E-state index in [0.717, 1.165) is 10.2 Å². The minimum absolute atomic E-state index is 0.285. The number of carbonyl (C=O) groups excluding carboxylic acids is 1. The highest BCUT2D eigenvalue weighted by Crippen LogP contribution is 2.16. The Morgan fingerprint density at radius 1 is 1.35 bits per heavy atom. The van der Waals surface area contributed by atoms with Crippen LogP contribution in [-0.4, -0.2) is 28.4 Å². The van der Waals surface area contributed by atoms with E-state index in [1.54, 1.807) is 0 Å². The van der Waals surface area contributed by atoms with Gasteiger partial charge in [-0.25, -0.2) is 4.79 Å². The SMILES string of the molecule is COC(=O)c1cn[nH]c1NC(=S)Nc1ccc(Br)cc1. The lowest BCUT2D eigenvalue weighted by atomic mass is 10.3. The number of hydrogen-bond donors (Lipinski definition) is 3. The van der Waals surface area contributed by atoms with Crippen LogP contribution in [0.5, 0.6) is 0 Å². The predicted octanol–water partition coefficient (Wildman–Crippen LogP) is 2.77. The zero-order valence-corrected chi connectivity index (χ0v) is 12.8. The molecule has 0 atom stereocenters. The van der Waals surface area contributed by atoms with E-state index in [9.17, 15) is 4.79 Å². The van der Waals surface area contributed by atoms with Gasteiger partial charge >= 0.3 is 5.97 Å². The third-order valence-electron chi connectivity index (χ3n) is 2.39. The van der Waals surface area contributed by atoms with Gasteiger partial charge in [0.25, 0.3) is 0 Å². The van der Waals surface area contributed by atoms with Gasteiger partial charge in [-0.05, 0) is 36.5 Å². The van der Waals surface area contributed by atoms with Crippen LogP contribution < -0.4 is 10.6 Å². The lowest BCUT2D eigenvalue weighted by Gasteiger charge is -2.10. The number of nitrogens with one attached hydrogen (secondary N) is 3. The van der Waals surface area contributed by atoms with Crippen molar-refractivity contribution in [1.82, 2.24) is 10.2 Å². The molecular weight excluding hydrogens is 344 g/mol. The van der Waals surface area contributed by atoms with E-state index in [-0.39, 0.29) is 5.56 Å². The van der Waals surface area contributed by atoms with Gasteiger partial charge in [0.1, 0.15) is 11.4 Å². The van der Waals surface area contributed by atoms with Gasteiger partial charge in [-0.2, -0.15) is 5.10 Å². The molecule has 1 heterocycles. The molecule has 1 aromatic heterocycles. The standard InChI is InChI=1S/C12H11BrN4O2S/c1-19-11(18)9-6-14-17-10(9)16-12(20)15-8-4-2-7(13)3-5-8/h2-6H,1H3,(H3,14,15,16,17,20). The number of anilines is 2. The predicted molar refractivity (Wildman–Crippen MR) is 83.9 cm³/mol. The van der Waals surface area contributed by atoms with Crippen LogP contribution in [0.25, 0.3) is 0 Å². The summed E-state index contributed by atoms with van der Waals surface area (Å²) in [5.74, 6) is -0.112. The van der Waals surface area contributed by atoms with Gasteiger partial charge in [0, 0.05) is 10.2 Å². The average Bonchev–Trinajstić information content (AvgIpc) is 2.88. The van der Waals surface area contributed by atoms with E-state index in [0.29, 0.717) is 10.9 Å². The van der Waals surface area contributed by atoms with E-state index in [1.807, 2.05) is 24.3 Å². The van der Waals surface area contributed by atoms with Crippen LogP contribution in [0.4, 0.5) is 11.5 Å². The molecule has 0 spiro atoms. The van der Waals surface area contributed by atoms with Crippen molar-refractivity contribution in [2.45, 2.75) is 0 Å². The molecule has 0 fully saturated rings. The van der Waals surface area contributed by atoms with Gasteiger partial charge in [-0.15, -0.1) is 0 Å². The molecule has 0 radical (unpaired) electrons. The molecule has 0 saturated carbocycles. The number of rotatable bonds is 3. The summed E-state index contributed by atoms with van der Waals surface area (Å²) >= 11 is 8.52. The third kappa shape index (κ3) is 3.55. The maximum Gasteiger partial charge on any atom is 0.343 e. The van der Waals surface area contributed by atoms with Gasteiger partial charge in [-0.1, -0.05) is 15.9 Å². The summed E-state index contributed by atoms with van der Waals surface area (Å²) in [5.41, 5.74) is 1.11. The molecule has 0 bridgehead atoms. The topological polar surface area (TPSA) is 79.0 Å². The maximum absolute atomic E-state index is 11.5. The van der Waals surface area contributed by atoms with Crippen molar-refractivity contribution in [3.63, 3.8) is 0 Å². The number of esters is 1. The number of carbonyl (C=O) groups is 1. The summed E-state index contributed by atoms with van der Waals surface area (Å²) in [7, 11) is 1.30. The highest BCUT2D eigenvalue weighted by Gasteiger charge is 2.14. The molecule has 0 saturated heterocycles. The molecule has 8 heteroatoms. The fourth-order valence-electron chi connectivity index (χ4n) is 1.46. The summed E-state index contributed by atoms with van der Waals surface area (Å²) in [5, 5.41) is 12.6. The highest BCUT2D eigenvalue weighted by atomic mass is 79.9. The van der Waals surface area contributed by atoms with Gasteiger partial charge in [-0.3, -0.25) is 5.10 Å². The number of H-pyrrole nitrogens is 1. The number of methoxy groups -OCH3 is 1. The van der Waals surface area contributed by atoms with E-state index >= 15 is 0 Å². The van der Waals surface area contributed by atoms with Gasteiger partial charge in [0.05, 0.1) is 13.3 Å². The Morgan fingerprint density at radius 2 is 2.05 bits per heavy atom. The minimum Gasteiger partial charge on any atom is -0.465 e. The molecule has 0 amide bonds. The molecule has 1 aromatic carbocycles. The number of benzene rings is 1. The number of nitrogens with zero attached hydrogens (tertiary/aromatic N) is 1. The van der Waals surface area contributed by atoms with E-state index in [4.69, 9.17) is 12.2 Å². The molecule has 20 heavy (non-hydrogen) atoms. The first-order valence-corrected chi connectivity index (χ1v) is 6.75. The number of hydrogen-bond acceptors (Lipinski definition) is 4. The van der Waals surface area contributed by atoms with Crippen LogP contribution in [0.15, 0.2) is 34.9 Å². The largest absolute Gasteiger partial charge is 0.465 e. The monoisotopic (exact) mass is 354 g/mol. The molecule has 0 aliphatic rings. The molecule has 2 aromatic rings. The number of aromatic nitrogens is 2. The molecule has 0 unspecified atom stereocenters. The normalized spacial score (nSPS) is 9.90. The molecule has 6 nitrogen and oxygen atoms in total. The quantitative estimate of drug-likeness (QED) is 0.581. The van der Waals surface area contributed by atoms with Crippen LogP contribution >= 0.6 is 28.1 Å². The lowest BCUT2D eigenvalue weighted by Crippen LogP contribution is -2.20. The van der Waals surface area contributed by atoms with E-state index in [1.165, 1.54) is 13.3 Å². The van der Waals surface area contributed by atoms with Crippen LogP contribution in [0.2, 0.25) is 0 Å². The Balaban J connectivity index is 2.03. The Bertz CT molecular complexity index is 627. The zero-order valence-electron chi connectivity index (χ0n) is 10.4. The number of ether oxygens (including phenoxy) is 1. The molecule has 0 aliphatic carbocycles. The Labute approximate surface area is 129 Å². The second-order valence-corrected chi connectivity index (χ2v) is 5.06. The summed E-state index contributed by atoms with van der Waals surface area (Å²) in [4.78, 5) is 11.5. The summed E-state index contributed by atoms with van der Waals surface area (Å²) in [6.07, 6.45) is 1.37. The third-order valence-corrected chi connectivity index (χ3v) is 3.12. The average molecular weight is 355 g/mol. The van der Waals surface area contributed by atoms with Crippen molar-refractivity contribution in [1.29, 1.82) is 0 Å². The van der Waals surface area contributed by atoms with Gasteiger partial charge < -0.3 is 15.4 Å². The van der Waals surface area contributed by atoms with Crippen molar-refractivity contribution in [3.05, 3.63) is 40.5 Å². The smallest absolute Gasteiger partial charge is 0.343 e. The molecule has 0 aliphatic heterocycles. The van der Waals surface area contributed by atoms with Crippen molar-refractivity contribution in [2.75, 3.05) is 17.7 Å². The second kappa shape index (κ2) is 6.49. The highest BCUT2D eigenvalue weighted by molar-refractivity contribution is 9.10. The van der Waals surface area contributed by atoms with Crippen molar-refractivity contribution < 1.29 is 9.53 Å². The van der Waals surface area contributed by atoms with Crippen LogP contribution in [0, 0.1) is 0 Å². The first kappa shape index (κ1) is 14.5. The van der Waals surface area contributed by atoms with Crippen LogP contribution in [0.1, 0.15) is 10.4 Å².